The molecule has 4 rings (SSSR count). The summed E-state index contributed by atoms with van der Waals surface area (Å²) >= 11 is 0. The maximum atomic E-state index is 12.6. The minimum atomic E-state index is -3.14. The second-order valence-electron chi connectivity index (χ2n) is 14.5. The van der Waals surface area contributed by atoms with E-state index in [1.807, 2.05) is 0 Å². The Hall–Kier alpha value is -1.43. The van der Waals surface area contributed by atoms with Crippen molar-refractivity contribution < 1.29 is 154 Å². The van der Waals surface area contributed by atoms with Gasteiger partial charge in [-0.05, 0) is 26.7 Å². The van der Waals surface area contributed by atoms with E-state index in [1.165, 1.54) is 6.92 Å². The normalized spacial score (nSPS) is 43.2. The molecule has 61 heavy (non-hydrogen) atoms. The molecule has 4 saturated heterocycles. The number of nitrogens with zero attached hydrogens (tertiary/aromatic N) is 1. The van der Waals surface area contributed by atoms with Crippen LogP contribution < -0.4 is 40.0 Å². The van der Waals surface area contributed by atoms with Gasteiger partial charge in [-0.3, -0.25) is 9.79 Å². The third-order valence-electron chi connectivity index (χ3n) is 10.1. The van der Waals surface area contributed by atoms with Crippen LogP contribution in [0.4, 0.5) is 0 Å². The smallest absolute Gasteiger partial charge is 0.862 e. The van der Waals surface area contributed by atoms with Crippen LogP contribution in [0.1, 0.15) is 34.1 Å². The molecule has 21 atom stereocenters. The molecule has 4 aliphatic rings. The van der Waals surface area contributed by atoms with E-state index >= 15 is 0 Å². The molecule has 4 heterocycles. The van der Waals surface area contributed by atoms with Gasteiger partial charge in [0.1, 0.15) is 85.3 Å². The van der Waals surface area contributed by atoms with E-state index in [0.29, 0.717) is 0 Å². The number of aliphatic carboxylic acids is 1. The Morgan fingerprint density at radius 3 is 2.03 bits per heavy atom. The fourth-order valence-electron chi connectivity index (χ4n) is 6.95. The molecular formula is C33H55N2NaO25. The van der Waals surface area contributed by atoms with Gasteiger partial charge in [0.05, 0.1) is 32.0 Å². The Labute approximate surface area is 369 Å². The molecule has 28 heteroatoms. The number of aliphatic imine (C=N–C) groups is 1. The van der Waals surface area contributed by atoms with Crippen molar-refractivity contribution >= 4 is 17.8 Å². The number of carbonyl (C=O) groups is 2. The standard InChI is InChI=1S/C33H56N2O25.Na/c1-5-51-29-18(35-12(4)40)27(55-30-23(47)22(46)19(43)10(2)52-30)25(16(9-38)54-29)57-59-31-24(48)28(21(45)15(8-37)53-31)58-60-33(32(49)50)6-13(41)17(34-11(3)39)26(56-33)20(44)14(42)7-36;/h10,13-31,36-38,41-48H,5-9H2,1-4H3,(H,34,39)(H,35,40)(H,49,50);/q;+1/p-1/t10-,13-,14+,15+,16+,17+,18+,19+,20-,21-,22+,23-,24+,25+,26+,27+,28-,29+,30-,31-,33-;/m0./s1. The van der Waals surface area contributed by atoms with Crippen molar-refractivity contribution in [3.63, 3.8) is 0 Å². The molecule has 0 spiro atoms. The van der Waals surface area contributed by atoms with Gasteiger partial charge in [-0.15, -0.1) is 0 Å². The molecule has 4 fully saturated rings. The third kappa shape index (κ3) is 12.5. The molecule has 0 aromatic heterocycles. The van der Waals surface area contributed by atoms with Gasteiger partial charge < -0.3 is 100 Å². The average molecular weight is 903 g/mol. The first kappa shape index (κ1) is 53.9. The average Bonchev–Trinajstić information content (AvgIpc) is 3.20. The summed E-state index contributed by atoms with van der Waals surface area (Å²) in [5.41, 5.74) is 0. The van der Waals surface area contributed by atoms with Crippen molar-refractivity contribution in [3.8, 4) is 0 Å². The first-order valence-corrected chi connectivity index (χ1v) is 18.8. The minimum Gasteiger partial charge on any atom is -0.862 e. The zero-order valence-electron chi connectivity index (χ0n) is 33.7. The van der Waals surface area contributed by atoms with E-state index < -0.39 is 172 Å². The molecule has 0 aliphatic carbocycles. The van der Waals surface area contributed by atoms with Crippen molar-refractivity contribution in [3.05, 3.63) is 0 Å². The Morgan fingerprint density at radius 2 is 1.48 bits per heavy atom. The van der Waals surface area contributed by atoms with E-state index in [1.54, 1.807) is 6.92 Å². The van der Waals surface area contributed by atoms with E-state index in [2.05, 4.69) is 10.3 Å². The van der Waals surface area contributed by atoms with Crippen molar-refractivity contribution in [2.45, 2.75) is 162 Å². The predicted molar refractivity (Wildman–Crippen MR) is 184 cm³/mol. The fraction of sp³-hybridized carbons (Fsp3) is 0.909. The van der Waals surface area contributed by atoms with Crippen molar-refractivity contribution in [2.75, 3.05) is 26.4 Å². The number of hydrogen-bond donors (Lipinski definition) is 13. The largest absolute Gasteiger partial charge is 1.00 e. The summed E-state index contributed by atoms with van der Waals surface area (Å²) in [5, 5.41) is 140. The molecule has 4 aliphatic heterocycles. The summed E-state index contributed by atoms with van der Waals surface area (Å²) in [6.07, 6.45) is -33.8. The molecule has 0 unspecified atom stereocenters. The quantitative estimate of drug-likeness (QED) is 0.0200. The molecule has 348 valence electrons. The number of nitrogens with one attached hydrogen (secondary N) is 1. The van der Waals surface area contributed by atoms with Gasteiger partial charge in [0.25, 0.3) is 0 Å². The van der Waals surface area contributed by atoms with E-state index in [4.69, 9.17) is 48.0 Å². The Kier molecular flexibility index (Phi) is 20.9. The van der Waals surface area contributed by atoms with Gasteiger partial charge in [0.15, 0.2) is 18.7 Å². The minimum absolute atomic E-state index is 0. The monoisotopic (exact) mass is 902 g/mol. The molecule has 0 bridgehead atoms. The molecule has 0 aromatic rings. The number of aliphatic hydroxyl groups is 11. The summed E-state index contributed by atoms with van der Waals surface area (Å²) in [7, 11) is 0. The van der Waals surface area contributed by atoms with Gasteiger partial charge in [-0.2, -0.15) is 4.89 Å². The summed E-state index contributed by atoms with van der Waals surface area (Å²) in [4.78, 5) is 49.9. The molecule has 1 amide bonds. The Morgan fingerprint density at radius 1 is 0.836 bits per heavy atom. The van der Waals surface area contributed by atoms with Crippen LogP contribution in [-0.2, 0) is 57.6 Å². The molecule has 0 radical (unpaired) electrons. The molecule has 13 N–H and O–H groups in total. The SMILES string of the molecule is CCO[C@@H]1O[C@H](CO)[C@@H](OO[C@@H]2O[C@H](CO)[C@H](O)[C@H](OO[C@]3(C(=O)O)C[C@H](O)[C@@H](N=C(C)[O-])[C@H]([C@@H](O)[C@H](O)CO)O3)[C@H]2O)[C@H](O[C@@H]2O[C@@H](C)[C@@H](O)[C@@H](O)[C@@H]2O)[C@H]1NC(C)=O.[Na+]. The molecule has 0 aromatic carbocycles. The number of hydrogen-bond acceptors (Lipinski definition) is 25. The summed E-state index contributed by atoms with van der Waals surface area (Å²) < 4.78 is 33.9. The van der Waals surface area contributed by atoms with Gasteiger partial charge >= 0.3 is 41.3 Å². The zero-order chi connectivity index (χ0) is 44.8. The summed E-state index contributed by atoms with van der Waals surface area (Å²) in [6, 6.07) is -3.06. The van der Waals surface area contributed by atoms with Crippen LogP contribution in [0.15, 0.2) is 4.99 Å². The third-order valence-corrected chi connectivity index (χ3v) is 10.1. The fourth-order valence-corrected chi connectivity index (χ4v) is 6.95. The van der Waals surface area contributed by atoms with Crippen LogP contribution in [0.5, 0.6) is 0 Å². The molecule has 27 nitrogen and oxygen atoms in total. The zero-order valence-corrected chi connectivity index (χ0v) is 35.7. The first-order valence-electron chi connectivity index (χ1n) is 18.8. The second kappa shape index (κ2) is 23.7. The predicted octanol–water partition coefficient (Wildman–Crippen LogP) is -11.7. The number of ether oxygens (including phenoxy) is 6. The maximum Gasteiger partial charge on any atom is 1.00 e. The van der Waals surface area contributed by atoms with Crippen LogP contribution in [0, 0.1) is 0 Å². The van der Waals surface area contributed by atoms with Gasteiger partial charge in [0.2, 0.25) is 12.2 Å². The van der Waals surface area contributed by atoms with E-state index in [9.17, 15) is 76.0 Å². The number of amides is 1. The Bertz CT molecular complexity index is 1420. The van der Waals surface area contributed by atoms with Crippen LogP contribution in [-0.4, -0.2) is 234 Å². The van der Waals surface area contributed by atoms with Crippen molar-refractivity contribution in [1.82, 2.24) is 5.32 Å². The van der Waals surface area contributed by atoms with E-state index in [0.717, 1.165) is 13.8 Å². The summed E-state index contributed by atoms with van der Waals surface area (Å²) in [6.45, 7) is 2.07. The Balaban J connectivity index is 0.00000992. The second-order valence-corrected chi connectivity index (χ2v) is 14.5. The van der Waals surface area contributed by atoms with Crippen LogP contribution in [0.3, 0.4) is 0 Å². The molecular weight excluding hydrogens is 847 g/mol. The number of carbonyl (C=O) groups excluding carboxylic acids is 1. The summed E-state index contributed by atoms with van der Waals surface area (Å²) in [5.74, 6) is -6.73. The first-order chi connectivity index (χ1) is 28.2. The van der Waals surface area contributed by atoms with E-state index in [-0.39, 0.29) is 36.2 Å². The van der Waals surface area contributed by atoms with Gasteiger partial charge in [-0.25, -0.2) is 19.5 Å². The van der Waals surface area contributed by atoms with Gasteiger partial charge in [-0.1, -0.05) is 0 Å². The topological polar surface area (TPSA) is 417 Å². The number of carboxylic acid groups (broad SMARTS) is 1. The van der Waals surface area contributed by atoms with Crippen molar-refractivity contribution in [1.29, 1.82) is 0 Å². The van der Waals surface area contributed by atoms with Crippen LogP contribution in [0.2, 0.25) is 0 Å². The number of aliphatic hydroxyl groups excluding tert-OH is 11. The number of carboxylic acids is 1. The van der Waals surface area contributed by atoms with Crippen LogP contribution in [0.25, 0.3) is 0 Å². The maximum absolute atomic E-state index is 12.6. The van der Waals surface area contributed by atoms with Crippen LogP contribution >= 0.6 is 0 Å². The van der Waals surface area contributed by atoms with Gasteiger partial charge in [0, 0.05) is 20.0 Å². The van der Waals surface area contributed by atoms with Crippen molar-refractivity contribution in [2.24, 2.45) is 4.99 Å². The molecule has 0 saturated carbocycles. The number of rotatable bonds is 18.